The fourth-order valence-corrected chi connectivity index (χ4v) is 4.21. The van der Waals surface area contributed by atoms with Gasteiger partial charge in [0.05, 0.1) is 30.3 Å². The summed E-state index contributed by atoms with van der Waals surface area (Å²) in [6.07, 6.45) is 0. The van der Waals surface area contributed by atoms with E-state index in [4.69, 9.17) is 9.47 Å². The van der Waals surface area contributed by atoms with Gasteiger partial charge in [-0.05, 0) is 42.3 Å². The second-order valence-electron chi connectivity index (χ2n) is 8.24. The monoisotopic (exact) mass is 504 g/mol. The van der Waals surface area contributed by atoms with Crippen LogP contribution in [0.25, 0.3) is 5.76 Å². The molecule has 0 radical (unpaired) electrons. The lowest BCUT2D eigenvalue weighted by atomic mass is 9.94. The van der Waals surface area contributed by atoms with Crippen LogP contribution < -0.4 is 9.47 Å². The Hall–Kier alpha value is -4.86. The van der Waals surface area contributed by atoms with Crippen molar-refractivity contribution >= 4 is 23.1 Å². The number of benzene rings is 3. The number of aliphatic hydroxyl groups excluding tert-OH is 1. The van der Waals surface area contributed by atoms with Crippen LogP contribution in [0.2, 0.25) is 0 Å². The standard InChI is InChI=1S/C27H24N2O8/c1-3-37-22-14-17(9-12-21(22)30)24-23(25(31)18-5-4-6-19(13-18)29(34)35)26(32)27(33)28(24)15-16-7-10-20(36-2)11-8-16/h4-14,24,30-31H,3,15H2,1-2H3/b25-23+. The van der Waals surface area contributed by atoms with Gasteiger partial charge in [-0.25, -0.2) is 0 Å². The number of Topliss-reactive ketones (excluding diaryl/α,β-unsaturated/α-hetero) is 1. The summed E-state index contributed by atoms with van der Waals surface area (Å²) in [5.74, 6) is -1.70. The number of carbonyl (C=O) groups excluding carboxylic acids is 2. The Morgan fingerprint density at radius 1 is 1.08 bits per heavy atom. The van der Waals surface area contributed by atoms with Crippen molar-refractivity contribution in [2.75, 3.05) is 13.7 Å². The van der Waals surface area contributed by atoms with Crippen LogP contribution in [-0.4, -0.2) is 45.4 Å². The van der Waals surface area contributed by atoms with Crippen LogP contribution in [0.3, 0.4) is 0 Å². The lowest BCUT2D eigenvalue weighted by molar-refractivity contribution is -0.384. The molecule has 10 heteroatoms. The van der Waals surface area contributed by atoms with Gasteiger partial charge in [-0.1, -0.05) is 30.3 Å². The maximum absolute atomic E-state index is 13.3. The Kier molecular flexibility index (Phi) is 7.10. The fraction of sp³-hybridized carbons (Fsp3) is 0.185. The van der Waals surface area contributed by atoms with Gasteiger partial charge in [0, 0.05) is 24.2 Å². The van der Waals surface area contributed by atoms with Crippen LogP contribution >= 0.6 is 0 Å². The number of ether oxygens (including phenoxy) is 2. The predicted molar refractivity (Wildman–Crippen MR) is 133 cm³/mol. The molecule has 1 amide bonds. The normalized spacial score (nSPS) is 16.6. The van der Waals surface area contributed by atoms with Crippen LogP contribution in [0.1, 0.15) is 29.7 Å². The molecule has 3 aromatic rings. The number of aliphatic hydroxyl groups is 1. The van der Waals surface area contributed by atoms with Crippen LogP contribution in [0.15, 0.2) is 72.3 Å². The van der Waals surface area contributed by atoms with E-state index in [-0.39, 0.29) is 41.5 Å². The Labute approximate surface area is 212 Å². The lowest BCUT2D eigenvalue weighted by Crippen LogP contribution is -2.29. The van der Waals surface area contributed by atoms with Gasteiger partial charge in [0.25, 0.3) is 17.4 Å². The van der Waals surface area contributed by atoms with Crippen molar-refractivity contribution in [3.05, 3.63) is 99.1 Å². The number of phenols is 1. The molecule has 0 aliphatic carbocycles. The molecule has 1 aliphatic heterocycles. The summed E-state index contributed by atoms with van der Waals surface area (Å²) in [5, 5.41) is 32.6. The molecule has 1 fully saturated rings. The molecule has 1 saturated heterocycles. The molecule has 1 atom stereocenters. The Bertz CT molecular complexity index is 1400. The molecule has 4 rings (SSSR count). The topological polar surface area (TPSA) is 139 Å². The molecule has 0 spiro atoms. The van der Waals surface area contributed by atoms with Gasteiger partial charge < -0.3 is 24.6 Å². The maximum atomic E-state index is 13.3. The van der Waals surface area contributed by atoms with Crippen molar-refractivity contribution < 1.29 is 34.2 Å². The van der Waals surface area contributed by atoms with Gasteiger partial charge in [-0.15, -0.1) is 0 Å². The summed E-state index contributed by atoms with van der Waals surface area (Å²) in [6.45, 7) is 2.02. The number of ketones is 1. The van der Waals surface area contributed by atoms with E-state index in [1.165, 1.54) is 48.4 Å². The van der Waals surface area contributed by atoms with E-state index in [1.54, 1.807) is 31.2 Å². The summed E-state index contributed by atoms with van der Waals surface area (Å²) < 4.78 is 10.7. The molecule has 3 aromatic carbocycles. The van der Waals surface area contributed by atoms with E-state index >= 15 is 0 Å². The number of hydrogen-bond acceptors (Lipinski definition) is 8. The summed E-state index contributed by atoms with van der Waals surface area (Å²) in [5.41, 5.74) is 0.613. The Morgan fingerprint density at radius 3 is 2.46 bits per heavy atom. The van der Waals surface area contributed by atoms with Crippen molar-refractivity contribution in [3.63, 3.8) is 0 Å². The van der Waals surface area contributed by atoms with Crippen LogP contribution in [-0.2, 0) is 16.1 Å². The molecule has 0 saturated carbocycles. The largest absolute Gasteiger partial charge is 0.507 e. The summed E-state index contributed by atoms with van der Waals surface area (Å²) >= 11 is 0. The van der Waals surface area contributed by atoms with Gasteiger partial charge in [0.1, 0.15) is 11.5 Å². The van der Waals surface area contributed by atoms with Gasteiger partial charge in [-0.3, -0.25) is 19.7 Å². The zero-order chi connectivity index (χ0) is 26.7. The number of rotatable bonds is 8. The van der Waals surface area contributed by atoms with Crippen molar-refractivity contribution in [2.24, 2.45) is 0 Å². The number of non-ortho nitro benzene ring substituents is 1. The summed E-state index contributed by atoms with van der Waals surface area (Å²) in [7, 11) is 1.53. The molecule has 37 heavy (non-hydrogen) atoms. The predicted octanol–water partition coefficient (Wildman–Crippen LogP) is 4.33. The lowest BCUT2D eigenvalue weighted by Gasteiger charge is -2.26. The molecular formula is C27H24N2O8. The first-order valence-corrected chi connectivity index (χ1v) is 11.4. The first-order chi connectivity index (χ1) is 17.7. The number of nitrogens with zero attached hydrogens (tertiary/aromatic N) is 2. The molecule has 0 aromatic heterocycles. The molecule has 10 nitrogen and oxygen atoms in total. The minimum atomic E-state index is -1.05. The highest BCUT2D eigenvalue weighted by Gasteiger charge is 2.46. The SMILES string of the molecule is CCOc1cc(C2/C(=C(\O)c3cccc([N+](=O)[O-])c3)C(=O)C(=O)N2Cc2ccc(OC)cc2)ccc1O. The zero-order valence-corrected chi connectivity index (χ0v) is 20.1. The van der Waals surface area contributed by atoms with Gasteiger partial charge in [0.2, 0.25) is 0 Å². The minimum Gasteiger partial charge on any atom is -0.507 e. The molecule has 2 N–H and O–H groups in total. The van der Waals surface area contributed by atoms with Crippen molar-refractivity contribution in [3.8, 4) is 17.2 Å². The van der Waals surface area contributed by atoms with Crippen LogP contribution in [0.5, 0.6) is 17.2 Å². The van der Waals surface area contributed by atoms with Crippen LogP contribution in [0.4, 0.5) is 5.69 Å². The molecule has 190 valence electrons. The minimum absolute atomic E-state index is 0.0189. The van der Waals surface area contributed by atoms with E-state index < -0.39 is 28.4 Å². The van der Waals surface area contributed by atoms with Gasteiger partial charge >= 0.3 is 0 Å². The number of aromatic hydroxyl groups is 1. The number of nitro benzene ring substituents is 1. The maximum Gasteiger partial charge on any atom is 0.295 e. The number of likely N-dealkylation sites (tertiary alicyclic amines) is 1. The molecule has 1 heterocycles. The average molecular weight is 504 g/mol. The summed E-state index contributed by atoms with van der Waals surface area (Å²) in [4.78, 5) is 38.4. The van der Waals surface area contributed by atoms with E-state index in [0.29, 0.717) is 16.9 Å². The molecular weight excluding hydrogens is 480 g/mol. The van der Waals surface area contributed by atoms with Crippen molar-refractivity contribution in [1.82, 2.24) is 4.90 Å². The number of methoxy groups -OCH3 is 1. The Balaban J connectivity index is 1.88. The zero-order valence-electron chi connectivity index (χ0n) is 20.1. The molecule has 1 aliphatic rings. The van der Waals surface area contributed by atoms with Gasteiger partial charge in [-0.2, -0.15) is 0 Å². The highest BCUT2D eigenvalue weighted by atomic mass is 16.6. The van der Waals surface area contributed by atoms with E-state index in [0.717, 1.165) is 6.07 Å². The number of hydrogen-bond donors (Lipinski definition) is 2. The second kappa shape index (κ2) is 10.4. The summed E-state index contributed by atoms with van der Waals surface area (Å²) in [6, 6.07) is 15.5. The van der Waals surface area contributed by atoms with Crippen molar-refractivity contribution in [2.45, 2.75) is 19.5 Å². The number of carbonyl (C=O) groups is 2. The van der Waals surface area contributed by atoms with E-state index in [1.807, 2.05) is 0 Å². The third-order valence-corrected chi connectivity index (χ3v) is 5.98. The third-order valence-electron chi connectivity index (χ3n) is 5.98. The fourth-order valence-electron chi connectivity index (χ4n) is 4.21. The first kappa shape index (κ1) is 25.2. The van der Waals surface area contributed by atoms with Crippen molar-refractivity contribution in [1.29, 1.82) is 0 Å². The molecule has 0 bridgehead atoms. The number of phenolic OH excluding ortho intramolecular Hbond substituents is 1. The first-order valence-electron chi connectivity index (χ1n) is 11.4. The highest BCUT2D eigenvalue weighted by molar-refractivity contribution is 6.46. The van der Waals surface area contributed by atoms with E-state index in [9.17, 15) is 29.9 Å². The third kappa shape index (κ3) is 4.94. The van der Waals surface area contributed by atoms with E-state index in [2.05, 4.69) is 0 Å². The number of nitro groups is 1. The Morgan fingerprint density at radius 2 is 1.81 bits per heavy atom. The second-order valence-corrected chi connectivity index (χ2v) is 8.24. The number of amides is 1. The highest BCUT2D eigenvalue weighted by Crippen LogP contribution is 2.42. The average Bonchev–Trinajstić information content (AvgIpc) is 3.15. The molecule has 1 unspecified atom stereocenters. The van der Waals surface area contributed by atoms with Gasteiger partial charge in [0.15, 0.2) is 11.5 Å². The smallest absolute Gasteiger partial charge is 0.295 e. The quantitative estimate of drug-likeness (QED) is 0.152. The van der Waals surface area contributed by atoms with Crippen LogP contribution in [0, 0.1) is 10.1 Å².